The number of carbonyl (C=O) groups is 2. The number of hydrogen-bond donors (Lipinski definition) is 3. The number of aliphatic hydroxyl groups is 2. The van der Waals surface area contributed by atoms with Crippen molar-refractivity contribution in [1.82, 2.24) is 5.32 Å². The first-order chi connectivity index (χ1) is 35.5. The molecule has 3 N–H and O–H groups in total. The Labute approximate surface area is 448 Å². The Balaban J connectivity index is 4.60. The van der Waals surface area contributed by atoms with Gasteiger partial charge in [0.1, 0.15) is 6.10 Å². The predicted molar refractivity (Wildman–Crippen MR) is 315 cm³/mol. The molecule has 0 fully saturated rings. The summed E-state index contributed by atoms with van der Waals surface area (Å²) < 4.78 is 5.95. The molecule has 0 aromatic rings. The second kappa shape index (κ2) is 59.4. The third-order valence-electron chi connectivity index (χ3n) is 14.3. The summed E-state index contributed by atoms with van der Waals surface area (Å²) in [6.45, 7) is 6.48. The van der Waals surface area contributed by atoms with Crippen LogP contribution in [0.3, 0.4) is 0 Å². The monoisotopic (exact) mass is 1010 g/mol. The van der Waals surface area contributed by atoms with E-state index >= 15 is 0 Å². The first kappa shape index (κ1) is 69.6. The largest absolute Gasteiger partial charge is 0.462 e. The number of rotatable bonds is 57. The second-order valence-electron chi connectivity index (χ2n) is 21.5. The van der Waals surface area contributed by atoms with E-state index < -0.39 is 18.2 Å². The highest BCUT2D eigenvalue weighted by Gasteiger charge is 2.24. The van der Waals surface area contributed by atoms with Crippen LogP contribution in [0.4, 0.5) is 0 Å². The summed E-state index contributed by atoms with van der Waals surface area (Å²) in [5.74, 6) is -0.518. The molecule has 3 atom stereocenters. The van der Waals surface area contributed by atoms with Gasteiger partial charge in [0.05, 0.1) is 25.2 Å². The number of ether oxygens (including phenoxy) is 1. The summed E-state index contributed by atoms with van der Waals surface area (Å²) >= 11 is 0. The number of amides is 1. The average Bonchev–Trinajstić information content (AvgIpc) is 3.37. The van der Waals surface area contributed by atoms with Gasteiger partial charge < -0.3 is 20.3 Å². The summed E-state index contributed by atoms with van der Waals surface area (Å²) in [5.41, 5.74) is 0. The lowest BCUT2D eigenvalue weighted by molar-refractivity contribution is -0.151. The molecule has 0 heterocycles. The molecule has 0 aliphatic carbocycles. The number of unbranched alkanes of at least 4 members (excludes halogenated alkanes) is 35. The zero-order valence-corrected chi connectivity index (χ0v) is 48.1. The highest BCUT2D eigenvalue weighted by atomic mass is 16.5. The van der Waals surface area contributed by atoms with Crippen LogP contribution in [-0.4, -0.2) is 46.9 Å². The van der Waals surface area contributed by atoms with E-state index in [0.29, 0.717) is 19.3 Å². The van der Waals surface area contributed by atoms with Crippen LogP contribution in [0.2, 0.25) is 0 Å². The summed E-state index contributed by atoms with van der Waals surface area (Å²) in [5, 5.41) is 24.0. The van der Waals surface area contributed by atoms with Crippen LogP contribution < -0.4 is 5.32 Å². The molecule has 420 valence electrons. The third-order valence-corrected chi connectivity index (χ3v) is 14.3. The topological polar surface area (TPSA) is 95.9 Å². The summed E-state index contributed by atoms with van der Waals surface area (Å²) in [4.78, 5) is 26.4. The van der Waals surface area contributed by atoms with Gasteiger partial charge in [-0.25, -0.2) is 0 Å². The molecule has 6 heteroatoms. The molecule has 0 saturated carbocycles. The van der Waals surface area contributed by atoms with E-state index in [0.717, 1.165) is 70.6 Å². The van der Waals surface area contributed by atoms with Crippen LogP contribution in [0, 0.1) is 0 Å². The second-order valence-corrected chi connectivity index (χ2v) is 21.5. The van der Waals surface area contributed by atoms with E-state index in [-0.39, 0.29) is 24.9 Å². The minimum Gasteiger partial charge on any atom is -0.462 e. The summed E-state index contributed by atoms with van der Waals surface area (Å²) in [6, 6.07) is -0.722. The van der Waals surface area contributed by atoms with Gasteiger partial charge in [0.25, 0.3) is 0 Å². The first-order valence-electron chi connectivity index (χ1n) is 31.5. The molecule has 72 heavy (non-hydrogen) atoms. The molecule has 3 unspecified atom stereocenters. The fraction of sp³-hybridized carbons (Fsp3) is 0.818. The summed E-state index contributed by atoms with van der Waals surface area (Å²) in [6.07, 6.45) is 75.8. The Morgan fingerprint density at radius 3 is 1.14 bits per heavy atom. The molecule has 0 aliphatic heterocycles. The van der Waals surface area contributed by atoms with E-state index in [9.17, 15) is 19.8 Å². The highest BCUT2D eigenvalue weighted by molar-refractivity contribution is 5.77. The van der Waals surface area contributed by atoms with Gasteiger partial charge in [-0.1, -0.05) is 281 Å². The van der Waals surface area contributed by atoms with Crippen molar-refractivity contribution in [1.29, 1.82) is 0 Å². The van der Waals surface area contributed by atoms with Crippen molar-refractivity contribution in [3.63, 3.8) is 0 Å². The first-order valence-corrected chi connectivity index (χ1v) is 31.5. The van der Waals surface area contributed by atoms with Gasteiger partial charge in [-0.15, -0.1) is 0 Å². The lowest BCUT2D eigenvalue weighted by atomic mass is 10.0. The molecular weight excluding hydrogens is 887 g/mol. The van der Waals surface area contributed by atoms with Gasteiger partial charge >= 0.3 is 5.97 Å². The van der Waals surface area contributed by atoms with Crippen molar-refractivity contribution >= 4 is 11.9 Å². The number of allylic oxidation sites excluding steroid dienone is 10. The minimum absolute atomic E-state index is 0.0399. The van der Waals surface area contributed by atoms with Crippen LogP contribution in [0.1, 0.15) is 323 Å². The maximum absolute atomic E-state index is 13.3. The molecule has 6 nitrogen and oxygen atoms in total. The zero-order valence-electron chi connectivity index (χ0n) is 48.1. The Hall–Kier alpha value is -2.44. The molecule has 0 spiro atoms. The van der Waals surface area contributed by atoms with Gasteiger partial charge in [0.15, 0.2) is 0 Å². The Morgan fingerprint density at radius 1 is 0.403 bits per heavy atom. The molecule has 0 aromatic carbocycles. The Bertz CT molecular complexity index is 1270. The lowest BCUT2D eigenvalue weighted by Gasteiger charge is -2.24. The molecule has 0 saturated heterocycles. The van der Waals surface area contributed by atoms with Gasteiger partial charge in [0.2, 0.25) is 5.91 Å². The van der Waals surface area contributed by atoms with Crippen LogP contribution in [0.5, 0.6) is 0 Å². The van der Waals surface area contributed by atoms with E-state index in [4.69, 9.17) is 4.74 Å². The van der Waals surface area contributed by atoms with Crippen molar-refractivity contribution < 1.29 is 24.5 Å². The van der Waals surface area contributed by atoms with Gasteiger partial charge in [-0.3, -0.25) is 9.59 Å². The molecule has 0 aliphatic rings. The number of carbonyl (C=O) groups excluding carboxylic acids is 2. The van der Waals surface area contributed by atoms with Crippen LogP contribution in [0.15, 0.2) is 60.8 Å². The highest BCUT2D eigenvalue weighted by Crippen LogP contribution is 2.18. The fourth-order valence-electron chi connectivity index (χ4n) is 9.53. The van der Waals surface area contributed by atoms with Crippen molar-refractivity contribution in [3.8, 4) is 0 Å². The zero-order chi connectivity index (χ0) is 52.3. The van der Waals surface area contributed by atoms with Crippen LogP contribution in [0.25, 0.3) is 0 Å². The van der Waals surface area contributed by atoms with E-state index in [2.05, 4.69) is 86.8 Å². The van der Waals surface area contributed by atoms with E-state index in [1.54, 1.807) is 0 Å². The van der Waals surface area contributed by atoms with Gasteiger partial charge in [-0.2, -0.15) is 0 Å². The molecule has 0 bridgehead atoms. The molecule has 1 amide bonds. The molecule has 0 rings (SSSR count). The fourth-order valence-corrected chi connectivity index (χ4v) is 9.53. The smallest absolute Gasteiger partial charge is 0.306 e. The molecule has 0 radical (unpaired) electrons. The number of hydrogen-bond acceptors (Lipinski definition) is 5. The Kier molecular flexibility index (Phi) is 57.4. The van der Waals surface area contributed by atoms with Crippen LogP contribution >= 0.6 is 0 Å². The summed E-state index contributed by atoms with van der Waals surface area (Å²) in [7, 11) is 0. The Morgan fingerprint density at radius 2 is 0.722 bits per heavy atom. The lowest BCUT2D eigenvalue weighted by Crippen LogP contribution is -2.46. The van der Waals surface area contributed by atoms with Crippen molar-refractivity contribution in [2.24, 2.45) is 0 Å². The number of nitrogens with one attached hydrogen (secondary N) is 1. The van der Waals surface area contributed by atoms with Gasteiger partial charge in [-0.05, 0) is 89.9 Å². The van der Waals surface area contributed by atoms with Crippen molar-refractivity contribution in [2.45, 2.75) is 341 Å². The number of esters is 1. The van der Waals surface area contributed by atoms with Crippen molar-refractivity contribution in [2.75, 3.05) is 6.61 Å². The maximum Gasteiger partial charge on any atom is 0.306 e. The van der Waals surface area contributed by atoms with Crippen LogP contribution in [-0.2, 0) is 14.3 Å². The standard InChI is InChI=1S/C66H121NO5/c1-4-7-10-13-16-19-22-25-28-31-32-35-38-41-44-47-50-53-56-59-66(71)72-62(57-54-51-48-45-42-39-36-33-29-26-23-20-17-14-11-8-5-2)60-65(70)67-63(61-68)64(69)58-55-52-49-46-43-40-37-34-30-27-24-21-18-15-12-9-6-3/h17,20,25-26,28-29,36,39,45,48,62-64,68-69H,4-16,18-19,21-24,27,30-35,37-38,40-44,46-47,49-61H2,1-3H3,(H,67,70)/b20-17-,28-25+,29-26-,39-36-,48-45-. The van der Waals surface area contributed by atoms with E-state index in [1.165, 1.54) is 205 Å². The predicted octanol–water partition coefficient (Wildman–Crippen LogP) is 19.9. The average molecular weight is 1010 g/mol. The molecular formula is C66H121NO5. The normalized spacial score (nSPS) is 13.5. The SMILES string of the molecule is CCCCC/C=C\C/C=C\C/C=C\C/C=C\CCCC(CC(=O)NC(CO)C(O)CCCCCCCCCCCCCCCCCCC)OC(=O)CCCCCCCCCCC/C=C/CCCCCCCC. The maximum atomic E-state index is 13.3. The quantitative estimate of drug-likeness (QED) is 0.0320. The van der Waals surface area contributed by atoms with Gasteiger partial charge in [0, 0.05) is 6.42 Å². The minimum atomic E-state index is -0.805. The van der Waals surface area contributed by atoms with Crippen molar-refractivity contribution in [3.05, 3.63) is 60.8 Å². The number of aliphatic hydroxyl groups excluding tert-OH is 2. The molecule has 0 aromatic heterocycles. The third kappa shape index (κ3) is 53.8. The van der Waals surface area contributed by atoms with E-state index in [1.807, 2.05) is 0 Å².